The first-order valence-electron chi connectivity index (χ1n) is 7.83. The van der Waals surface area contributed by atoms with Gasteiger partial charge in [0.2, 0.25) is 5.91 Å². The summed E-state index contributed by atoms with van der Waals surface area (Å²) in [5.41, 5.74) is 7.81. The van der Waals surface area contributed by atoms with Gasteiger partial charge >= 0.3 is 0 Å². The van der Waals surface area contributed by atoms with Gasteiger partial charge in [-0.3, -0.25) is 4.79 Å². The molecule has 0 bridgehead atoms. The smallest absolute Gasteiger partial charge is 0.248 e. The molecule has 0 saturated heterocycles. The molecule has 0 saturated carbocycles. The number of nitrogens with zero attached hydrogens (tertiary/aromatic N) is 2. The number of rotatable bonds is 6. The van der Waals surface area contributed by atoms with E-state index in [2.05, 4.69) is 27.5 Å². The zero-order valence-electron chi connectivity index (χ0n) is 14.2. The summed E-state index contributed by atoms with van der Waals surface area (Å²) in [5.74, 6) is 0.285. The molecule has 4 N–H and O–H groups in total. The molecule has 2 rings (SSSR count). The molecule has 0 aliphatic carbocycles. The Morgan fingerprint density at radius 3 is 2.75 bits per heavy atom. The number of aryl methyl sites for hydroxylation is 2. The maximum atomic E-state index is 11.2. The van der Waals surface area contributed by atoms with E-state index in [4.69, 9.17) is 5.73 Å². The van der Waals surface area contributed by atoms with Crippen LogP contribution in [0.5, 0.6) is 0 Å². The quantitative estimate of drug-likeness (QED) is 0.552. The van der Waals surface area contributed by atoms with Crippen LogP contribution in [-0.2, 0) is 13.1 Å². The number of hydrogen-bond acceptors (Lipinski definition) is 4. The van der Waals surface area contributed by atoms with Crippen LogP contribution in [0.25, 0.3) is 0 Å². The zero-order chi connectivity index (χ0) is 17.5. The third-order valence-electron chi connectivity index (χ3n) is 3.46. The third-order valence-corrected chi connectivity index (χ3v) is 4.53. The van der Waals surface area contributed by atoms with Gasteiger partial charge in [0, 0.05) is 17.0 Å². The Morgan fingerprint density at radius 2 is 2.12 bits per heavy atom. The highest BCUT2D eigenvalue weighted by Crippen LogP contribution is 2.15. The highest BCUT2D eigenvalue weighted by molar-refractivity contribution is 7.11. The minimum atomic E-state index is -0.430. The number of nitrogens with two attached hydrogens (primary N) is 1. The van der Waals surface area contributed by atoms with Crippen LogP contribution in [0.1, 0.15) is 38.4 Å². The number of thiazole rings is 1. The first-order chi connectivity index (χ1) is 11.5. The van der Waals surface area contributed by atoms with Gasteiger partial charge in [-0.15, -0.1) is 11.3 Å². The Hall–Kier alpha value is -2.41. The maximum Gasteiger partial charge on any atom is 0.248 e. The molecule has 2 aromatic rings. The summed E-state index contributed by atoms with van der Waals surface area (Å²) in [4.78, 5) is 21.5. The summed E-state index contributed by atoms with van der Waals surface area (Å²) >= 11 is 1.69. The third kappa shape index (κ3) is 5.06. The maximum absolute atomic E-state index is 11.2. The van der Waals surface area contributed by atoms with E-state index in [0.29, 0.717) is 24.6 Å². The first-order valence-corrected chi connectivity index (χ1v) is 8.65. The van der Waals surface area contributed by atoms with Gasteiger partial charge < -0.3 is 16.4 Å². The molecule has 1 aromatic carbocycles. The largest absolute Gasteiger partial charge is 0.366 e. The minimum Gasteiger partial charge on any atom is -0.366 e. The van der Waals surface area contributed by atoms with Crippen LogP contribution >= 0.6 is 11.3 Å². The van der Waals surface area contributed by atoms with Crippen LogP contribution in [0.3, 0.4) is 0 Å². The van der Waals surface area contributed by atoms with Gasteiger partial charge in [-0.1, -0.05) is 12.1 Å². The van der Waals surface area contributed by atoms with E-state index >= 15 is 0 Å². The van der Waals surface area contributed by atoms with Crippen molar-refractivity contribution in [3.63, 3.8) is 0 Å². The molecular formula is C17H23N5OS. The Kier molecular flexibility index (Phi) is 6.31. The van der Waals surface area contributed by atoms with Crippen LogP contribution in [0.2, 0.25) is 0 Å². The van der Waals surface area contributed by atoms with E-state index in [0.717, 1.165) is 22.8 Å². The van der Waals surface area contributed by atoms with E-state index in [9.17, 15) is 4.79 Å². The fourth-order valence-corrected chi connectivity index (χ4v) is 2.98. The summed E-state index contributed by atoms with van der Waals surface area (Å²) in [6.07, 6.45) is 0. The van der Waals surface area contributed by atoms with Gasteiger partial charge in [0.15, 0.2) is 5.96 Å². The van der Waals surface area contributed by atoms with E-state index in [1.54, 1.807) is 23.5 Å². The molecule has 6 nitrogen and oxygen atoms in total. The fourth-order valence-electron chi connectivity index (χ4n) is 2.11. The van der Waals surface area contributed by atoms with E-state index < -0.39 is 5.91 Å². The molecule has 128 valence electrons. The van der Waals surface area contributed by atoms with Crippen LogP contribution in [0, 0.1) is 13.8 Å². The minimum absolute atomic E-state index is 0.430. The van der Waals surface area contributed by atoms with Crippen LogP contribution in [-0.4, -0.2) is 23.4 Å². The number of hydrogen-bond donors (Lipinski definition) is 3. The molecule has 1 amide bonds. The number of benzene rings is 1. The SMILES string of the molecule is CCNC(=NCc1cccc(C(N)=O)c1)NCc1nc(C)c(C)s1. The van der Waals surface area contributed by atoms with Gasteiger partial charge in [-0.2, -0.15) is 0 Å². The Labute approximate surface area is 146 Å². The predicted molar refractivity (Wildman–Crippen MR) is 98.2 cm³/mol. The summed E-state index contributed by atoms with van der Waals surface area (Å²) in [7, 11) is 0. The van der Waals surface area contributed by atoms with Crippen molar-refractivity contribution in [3.05, 3.63) is 51.0 Å². The van der Waals surface area contributed by atoms with Crippen molar-refractivity contribution >= 4 is 23.2 Å². The van der Waals surface area contributed by atoms with Crippen molar-refractivity contribution in [2.75, 3.05) is 6.54 Å². The summed E-state index contributed by atoms with van der Waals surface area (Å²) < 4.78 is 0. The molecule has 0 aliphatic heterocycles. The standard InChI is InChI=1S/C17H23N5OS/c1-4-19-17(21-10-15-22-11(2)12(3)24-15)20-9-13-6-5-7-14(8-13)16(18)23/h5-8H,4,9-10H2,1-3H3,(H2,18,23)(H2,19,20,21). The number of primary amides is 1. The lowest BCUT2D eigenvalue weighted by Gasteiger charge is -2.10. The van der Waals surface area contributed by atoms with Gasteiger partial charge in [-0.25, -0.2) is 9.98 Å². The Balaban J connectivity index is 2.02. The van der Waals surface area contributed by atoms with Crippen LogP contribution in [0.4, 0.5) is 0 Å². The fraction of sp³-hybridized carbons (Fsp3) is 0.353. The van der Waals surface area contributed by atoms with Crippen molar-refractivity contribution in [3.8, 4) is 0 Å². The number of carbonyl (C=O) groups excluding carboxylic acids is 1. The molecule has 0 radical (unpaired) electrons. The number of amides is 1. The van der Waals surface area contributed by atoms with Crippen LogP contribution < -0.4 is 16.4 Å². The van der Waals surface area contributed by atoms with Crippen molar-refractivity contribution in [2.45, 2.75) is 33.9 Å². The zero-order valence-corrected chi connectivity index (χ0v) is 15.0. The molecular weight excluding hydrogens is 322 g/mol. The first kappa shape index (κ1) is 17.9. The molecule has 0 spiro atoms. The lowest BCUT2D eigenvalue weighted by Crippen LogP contribution is -2.36. The summed E-state index contributed by atoms with van der Waals surface area (Å²) in [5, 5.41) is 7.52. The number of nitrogens with one attached hydrogen (secondary N) is 2. The van der Waals surface area contributed by atoms with Crippen LogP contribution in [0.15, 0.2) is 29.3 Å². The normalized spacial score (nSPS) is 11.4. The van der Waals surface area contributed by atoms with Crippen molar-refractivity contribution in [2.24, 2.45) is 10.7 Å². The van der Waals surface area contributed by atoms with Crippen molar-refractivity contribution in [1.82, 2.24) is 15.6 Å². The van der Waals surface area contributed by atoms with E-state index in [1.807, 2.05) is 26.0 Å². The number of carbonyl (C=O) groups is 1. The number of guanidine groups is 1. The van der Waals surface area contributed by atoms with Gasteiger partial charge in [0.05, 0.1) is 18.8 Å². The molecule has 7 heteroatoms. The van der Waals surface area contributed by atoms with Gasteiger partial charge in [0.1, 0.15) is 5.01 Å². The second-order valence-corrected chi connectivity index (χ2v) is 6.65. The number of aliphatic imine (C=N–C) groups is 1. The monoisotopic (exact) mass is 345 g/mol. The molecule has 0 atom stereocenters. The highest BCUT2D eigenvalue weighted by atomic mass is 32.1. The van der Waals surface area contributed by atoms with Crippen molar-refractivity contribution in [1.29, 1.82) is 0 Å². The molecule has 0 aliphatic rings. The van der Waals surface area contributed by atoms with Gasteiger partial charge in [0.25, 0.3) is 0 Å². The predicted octanol–water partition coefficient (Wildman–Crippen LogP) is 2.11. The highest BCUT2D eigenvalue weighted by Gasteiger charge is 2.05. The lowest BCUT2D eigenvalue weighted by molar-refractivity contribution is 0.1000. The summed E-state index contributed by atoms with van der Waals surface area (Å²) in [6, 6.07) is 7.20. The van der Waals surface area contributed by atoms with Gasteiger partial charge in [-0.05, 0) is 38.5 Å². The van der Waals surface area contributed by atoms with E-state index in [1.165, 1.54) is 4.88 Å². The Morgan fingerprint density at radius 1 is 1.33 bits per heavy atom. The second-order valence-electron chi connectivity index (χ2n) is 5.36. The number of aromatic nitrogens is 1. The topological polar surface area (TPSA) is 92.4 Å². The molecule has 24 heavy (non-hydrogen) atoms. The Bertz CT molecular complexity index is 719. The average molecular weight is 345 g/mol. The summed E-state index contributed by atoms with van der Waals surface area (Å²) in [6.45, 7) is 7.96. The molecule has 0 unspecified atom stereocenters. The average Bonchev–Trinajstić information content (AvgIpc) is 2.88. The lowest BCUT2D eigenvalue weighted by atomic mass is 10.1. The molecule has 0 fully saturated rings. The van der Waals surface area contributed by atoms with E-state index in [-0.39, 0.29) is 0 Å². The van der Waals surface area contributed by atoms with Crippen molar-refractivity contribution < 1.29 is 4.79 Å². The second kappa shape index (κ2) is 8.44. The molecule has 1 aromatic heterocycles. The molecule has 1 heterocycles.